The molecule has 1 saturated heterocycles. The van der Waals surface area contributed by atoms with Crippen LogP contribution in [0.15, 0.2) is 55.0 Å². The predicted molar refractivity (Wildman–Crippen MR) is 93.8 cm³/mol. The molecule has 2 aromatic heterocycles. The number of carbonyl (C=O) groups is 2. The number of nitrogens with zero attached hydrogens (tertiary/aromatic N) is 2. The van der Waals surface area contributed by atoms with Crippen LogP contribution in [-0.4, -0.2) is 38.9 Å². The molecule has 1 aromatic carbocycles. The lowest BCUT2D eigenvalue weighted by molar-refractivity contribution is -0.119. The van der Waals surface area contributed by atoms with E-state index in [1.165, 1.54) is 0 Å². The first kappa shape index (κ1) is 15.0. The van der Waals surface area contributed by atoms with Gasteiger partial charge in [0.15, 0.2) is 5.78 Å². The van der Waals surface area contributed by atoms with E-state index in [-0.39, 0.29) is 11.2 Å². The van der Waals surface area contributed by atoms with Gasteiger partial charge in [0, 0.05) is 46.4 Å². The van der Waals surface area contributed by atoms with Gasteiger partial charge in [-0.3, -0.25) is 14.6 Å². The molecular formula is C18H15N3O2S. The third kappa shape index (κ3) is 2.39. The zero-order chi connectivity index (χ0) is 16.5. The number of hydrogen-bond donors (Lipinski definition) is 1. The van der Waals surface area contributed by atoms with Crippen molar-refractivity contribution in [1.82, 2.24) is 14.9 Å². The van der Waals surface area contributed by atoms with Crippen LogP contribution in [0.5, 0.6) is 0 Å². The maximum Gasteiger partial charge on any atom is 0.211 e. The molecule has 5 nitrogen and oxygen atoms in total. The number of para-hydroxylation sites is 1. The lowest BCUT2D eigenvalue weighted by Crippen LogP contribution is -2.38. The third-order valence-electron chi connectivity index (χ3n) is 4.29. The predicted octanol–water partition coefficient (Wildman–Crippen LogP) is 3.02. The van der Waals surface area contributed by atoms with Gasteiger partial charge in [-0.1, -0.05) is 24.3 Å². The lowest BCUT2D eigenvalue weighted by atomic mass is 10.0. The fourth-order valence-electron chi connectivity index (χ4n) is 3.10. The van der Waals surface area contributed by atoms with Crippen LogP contribution in [0, 0.1) is 0 Å². The Labute approximate surface area is 143 Å². The second kappa shape index (κ2) is 6.13. The number of fused-ring (bicyclic) bond motifs is 1. The molecule has 1 N–H and O–H groups in total. The quantitative estimate of drug-likeness (QED) is 0.587. The molecule has 0 bridgehead atoms. The van der Waals surface area contributed by atoms with Crippen LogP contribution in [-0.2, 0) is 4.79 Å². The fourth-order valence-corrected chi connectivity index (χ4v) is 4.49. The van der Waals surface area contributed by atoms with Gasteiger partial charge in [0.1, 0.15) is 11.4 Å². The Bertz CT molecular complexity index is 893. The number of Topliss-reactive ketones (excluding diaryl/α,β-unsaturated/α-hetero) is 1. The number of aromatic nitrogens is 2. The highest BCUT2D eigenvalue weighted by Crippen LogP contribution is 2.41. The normalized spacial score (nSPS) is 20.4. The maximum absolute atomic E-state index is 13.0. The Morgan fingerprint density at radius 2 is 2.17 bits per heavy atom. The molecule has 1 fully saturated rings. The first-order valence-electron chi connectivity index (χ1n) is 7.64. The van der Waals surface area contributed by atoms with Crippen LogP contribution < -0.4 is 0 Å². The number of carbonyl (C=O) groups excluding carboxylic acids is 2. The zero-order valence-electron chi connectivity index (χ0n) is 12.8. The van der Waals surface area contributed by atoms with Gasteiger partial charge in [-0.15, -0.1) is 11.8 Å². The van der Waals surface area contributed by atoms with Crippen LogP contribution in [0.2, 0.25) is 0 Å². The molecule has 3 aromatic rings. The fraction of sp³-hybridized carbons (Fsp3) is 0.167. The number of pyridine rings is 1. The minimum Gasteiger partial charge on any atom is -0.360 e. The number of amides is 1. The smallest absolute Gasteiger partial charge is 0.211 e. The molecule has 1 aliphatic heterocycles. The average Bonchev–Trinajstić information content (AvgIpc) is 3.26. The summed E-state index contributed by atoms with van der Waals surface area (Å²) in [6.07, 6.45) is 5.95. The number of benzene rings is 1. The molecule has 6 heteroatoms. The maximum atomic E-state index is 13.0. The molecule has 0 unspecified atom stereocenters. The summed E-state index contributed by atoms with van der Waals surface area (Å²) in [6.45, 7) is 0. The van der Waals surface area contributed by atoms with Gasteiger partial charge in [0.2, 0.25) is 6.41 Å². The molecule has 24 heavy (non-hydrogen) atoms. The van der Waals surface area contributed by atoms with Crippen LogP contribution in [0.1, 0.15) is 21.3 Å². The van der Waals surface area contributed by atoms with Crippen molar-refractivity contribution in [3.05, 3.63) is 66.1 Å². The third-order valence-corrected chi connectivity index (χ3v) is 5.63. The number of H-pyrrole nitrogens is 1. The van der Waals surface area contributed by atoms with E-state index in [2.05, 4.69) is 9.97 Å². The van der Waals surface area contributed by atoms with Gasteiger partial charge in [-0.05, 0) is 12.1 Å². The molecular weight excluding hydrogens is 322 g/mol. The van der Waals surface area contributed by atoms with Gasteiger partial charge in [0.25, 0.3) is 0 Å². The summed E-state index contributed by atoms with van der Waals surface area (Å²) in [5, 5.41) is 0.721. The second-order valence-electron chi connectivity index (χ2n) is 5.65. The van der Waals surface area contributed by atoms with Crippen molar-refractivity contribution >= 4 is 34.9 Å². The van der Waals surface area contributed by atoms with E-state index < -0.39 is 6.04 Å². The van der Waals surface area contributed by atoms with Gasteiger partial charge in [0.05, 0.1) is 0 Å². The van der Waals surface area contributed by atoms with Crippen molar-refractivity contribution < 1.29 is 9.59 Å². The second-order valence-corrected chi connectivity index (χ2v) is 6.77. The van der Waals surface area contributed by atoms with E-state index in [0.29, 0.717) is 11.3 Å². The summed E-state index contributed by atoms with van der Waals surface area (Å²) >= 11 is 1.59. The molecule has 1 aliphatic rings. The summed E-state index contributed by atoms with van der Waals surface area (Å²) in [4.78, 5) is 33.5. The zero-order valence-corrected chi connectivity index (χ0v) is 13.6. The average molecular weight is 337 g/mol. The first-order chi connectivity index (χ1) is 11.8. The van der Waals surface area contributed by atoms with E-state index in [0.717, 1.165) is 22.9 Å². The lowest BCUT2D eigenvalue weighted by Gasteiger charge is -2.24. The monoisotopic (exact) mass is 337 g/mol. The Morgan fingerprint density at radius 1 is 1.29 bits per heavy atom. The van der Waals surface area contributed by atoms with Crippen LogP contribution in [0.4, 0.5) is 0 Å². The summed E-state index contributed by atoms with van der Waals surface area (Å²) in [5.74, 6) is 0.551. The summed E-state index contributed by atoms with van der Waals surface area (Å²) in [5.41, 5.74) is 2.49. The Kier molecular flexibility index (Phi) is 3.82. The van der Waals surface area contributed by atoms with E-state index in [1.54, 1.807) is 35.3 Å². The number of hydrogen-bond acceptors (Lipinski definition) is 4. The van der Waals surface area contributed by atoms with Crippen LogP contribution >= 0.6 is 11.8 Å². The van der Waals surface area contributed by atoms with E-state index in [9.17, 15) is 9.59 Å². The van der Waals surface area contributed by atoms with Crippen molar-refractivity contribution in [2.24, 2.45) is 0 Å². The summed E-state index contributed by atoms with van der Waals surface area (Å²) < 4.78 is 0. The molecule has 3 heterocycles. The summed E-state index contributed by atoms with van der Waals surface area (Å²) in [7, 11) is 0. The molecule has 0 radical (unpaired) electrons. The SMILES string of the molecule is O=CN1[C@@H](c2cccnc2)SC[C@H]1C(=O)c1c[nH]c2ccccc12. The standard InChI is InChI=1S/C18H15N3O2S/c22-11-21-16(10-24-18(21)12-4-3-7-19-8-12)17(23)14-9-20-15-6-2-1-5-13(14)15/h1-9,11,16,18,20H,10H2/t16-,18+/m0/s1. The minimum atomic E-state index is -0.461. The molecule has 120 valence electrons. The number of thioether (sulfide) groups is 1. The van der Waals surface area contributed by atoms with Crippen LogP contribution in [0.25, 0.3) is 10.9 Å². The topological polar surface area (TPSA) is 66.1 Å². The molecule has 4 rings (SSSR count). The Balaban J connectivity index is 1.66. The highest BCUT2D eigenvalue weighted by molar-refractivity contribution is 7.99. The minimum absolute atomic E-state index is 0.0292. The molecule has 2 atom stereocenters. The molecule has 1 amide bonds. The highest BCUT2D eigenvalue weighted by atomic mass is 32.2. The molecule has 0 saturated carbocycles. The van der Waals surface area contributed by atoms with Gasteiger partial charge >= 0.3 is 0 Å². The van der Waals surface area contributed by atoms with E-state index in [4.69, 9.17) is 0 Å². The van der Waals surface area contributed by atoms with Crippen molar-refractivity contribution in [2.45, 2.75) is 11.4 Å². The van der Waals surface area contributed by atoms with Crippen molar-refractivity contribution in [1.29, 1.82) is 0 Å². The van der Waals surface area contributed by atoms with Crippen molar-refractivity contribution in [3.8, 4) is 0 Å². The highest BCUT2D eigenvalue weighted by Gasteiger charge is 2.39. The van der Waals surface area contributed by atoms with Crippen molar-refractivity contribution in [3.63, 3.8) is 0 Å². The van der Waals surface area contributed by atoms with Gasteiger partial charge in [-0.25, -0.2) is 0 Å². The first-order valence-corrected chi connectivity index (χ1v) is 8.69. The largest absolute Gasteiger partial charge is 0.360 e. The molecule has 0 spiro atoms. The number of ketones is 1. The van der Waals surface area contributed by atoms with Gasteiger partial charge in [-0.2, -0.15) is 0 Å². The number of aromatic amines is 1. The summed E-state index contributed by atoms with van der Waals surface area (Å²) in [6, 6.07) is 11.0. The van der Waals surface area contributed by atoms with Crippen LogP contribution in [0.3, 0.4) is 0 Å². The van der Waals surface area contributed by atoms with E-state index >= 15 is 0 Å². The van der Waals surface area contributed by atoms with Gasteiger partial charge < -0.3 is 9.88 Å². The Hall–Kier alpha value is -2.60. The van der Waals surface area contributed by atoms with Crippen molar-refractivity contribution in [2.75, 3.05) is 5.75 Å². The number of nitrogens with one attached hydrogen (secondary N) is 1. The van der Waals surface area contributed by atoms with E-state index in [1.807, 2.05) is 36.4 Å². The number of rotatable bonds is 4. The molecule has 0 aliphatic carbocycles. The Morgan fingerprint density at radius 3 is 2.96 bits per heavy atom.